The second kappa shape index (κ2) is 9.43. The van der Waals surface area contributed by atoms with Gasteiger partial charge in [0.2, 0.25) is 0 Å². The maximum atomic E-state index is 13.1. The third-order valence-corrected chi connectivity index (χ3v) is 8.95. The van der Waals surface area contributed by atoms with Gasteiger partial charge in [-0.3, -0.25) is 0 Å². The fraction of sp³-hybridized carbons (Fsp3) is 0.0370. The molecule has 148 valence electrons. The van der Waals surface area contributed by atoms with Gasteiger partial charge in [0.15, 0.2) is 0 Å². The van der Waals surface area contributed by atoms with Crippen molar-refractivity contribution < 1.29 is 9.53 Å². The van der Waals surface area contributed by atoms with Gasteiger partial charge in [-0.1, -0.05) is 121 Å². The molecule has 0 aliphatic rings. The van der Waals surface area contributed by atoms with E-state index in [1.807, 2.05) is 90.7 Å². The average Bonchev–Trinajstić information content (AvgIpc) is 2.83. The van der Waals surface area contributed by atoms with Crippen LogP contribution in [0.15, 0.2) is 121 Å². The predicted octanol–water partition coefficient (Wildman–Crippen LogP) is 4.53. The van der Waals surface area contributed by atoms with E-state index in [1.54, 1.807) is 0 Å². The van der Waals surface area contributed by atoms with Crippen molar-refractivity contribution in [1.82, 2.24) is 0 Å². The number of hydrogen-bond donors (Lipinski definition) is 0. The van der Waals surface area contributed by atoms with Crippen molar-refractivity contribution in [3.8, 4) is 0 Å². The highest BCUT2D eigenvalue weighted by molar-refractivity contribution is 7.95. The van der Waals surface area contributed by atoms with Gasteiger partial charge < -0.3 is 4.74 Å². The normalized spacial score (nSPS) is 10.9. The summed E-state index contributed by atoms with van der Waals surface area (Å²) < 4.78 is 5.68. The Kier molecular flexibility index (Phi) is 6.27. The molecule has 0 bridgehead atoms. The number of carbonyl (C=O) groups is 1. The van der Waals surface area contributed by atoms with Crippen LogP contribution < -0.4 is 15.9 Å². The molecule has 0 radical (unpaired) electrons. The van der Waals surface area contributed by atoms with Crippen LogP contribution in [-0.2, 0) is 16.1 Å². The van der Waals surface area contributed by atoms with Crippen molar-refractivity contribution >= 4 is 34.6 Å². The summed E-state index contributed by atoms with van der Waals surface area (Å²) in [6.07, 6.45) is 0. The summed E-state index contributed by atoms with van der Waals surface area (Å²) in [4.78, 5) is 13.1. The second-order valence-corrected chi connectivity index (χ2v) is 10.2. The van der Waals surface area contributed by atoms with Gasteiger partial charge >= 0.3 is 5.97 Å². The summed E-state index contributed by atoms with van der Waals surface area (Å²) in [5.41, 5.74) is 0.974. The number of ether oxygens (including phenoxy) is 1. The van der Waals surface area contributed by atoms with Crippen molar-refractivity contribution in [3.63, 3.8) is 0 Å². The Morgan fingerprint density at radius 3 is 1.37 bits per heavy atom. The molecule has 0 unspecified atom stereocenters. The van der Waals surface area contributed by atoms with Crippen LogP contribution in [0.5, 0.6) is 0 Å². The Bertz CT molecular complexity index is 1040. The van der Waals surface area contributed by atoms with Crippen LogP contribution in [0.3, 0.4) is 0 Å². The van der Waals surface area contributed by atoms with E-state index in [2.05, 4.69) is 36.4 Å². The number of esters is 1. The second-order valence-electron chi connectivity index (χ2n) is 6.95. The van der Waals surface area contributed by atoms with Gasteiger partial charge in [0.05, 0.1) is 0 Å². The topological polar surface area (TPSA) is 26.3 Å². The van der Waals surface area contributed by atoms with E-state index >= 15 is 0 Å². The predicted molar refractivity (Wildman–Crippen MR) is 127 cm³/mol. The molecular formula is C27H23O2P. The van der Waals surface area contributed by atoms with E-state index in [0.717, 1.165) is 21.5 Å². The van der Waals surface area contributed by atoms with E-state index in [9.17, 15) is 4.79 Å². The van der Waals surface area contributed by atoms with Crippen LogP contribution in [-0.4, -0.2) is 11.8 Å². The van der Waals surface area contributed by atoms with Crippen molar-refractivity contribution in [2.24, 2.45) is 0 Å². The molecule has 0 atom stereocenters. The summed E-state index contributed by atoms with van der Waals surface area (Å²) >= 11 is 0. The first-order valence-electron chi connectivity index (χ1n) is 9.91. The van der Waals surface area contributed by atoms with Crippen LogP contribution in [0.1, 0.15) is 5.56 Å². The first-order valence-corrected chi connectivity index (χ1v) is 11.8. The first kappa shape index (κ1) is 19.9. The molecule has 0 fully saturated rings. The van der Waals surface area contributed by atoms with E-state index in [1.165, 1.54) is 0 Å². The fourth-order valence-corrected chi connectivity index (χ4v) is 7.24. The smallest absolute Gasteiger partial charge is 0.332 e. The Morgan fingerprint density at radius 1 is 0.600 bits per heavy atom. The van der Waals surface area contributed by atoms with Crippen LogP contribution in [0, 0.1) is 0 Å². The minimum absolute atomic E-state index is 0.258. The highest BCUT2D eigenvalue weighted by Crippen LogP contribution is 2.43. The first-order chi connectivity index (χ1) is 14.8. The Balaban J connectivity index is 1.86. The Hall–Kier alpha value is -3.35. The molecule has 0 amide bonds. The van der Waals surface area contributed by atoms with Crippen LogP contribution in [0.2, 0.25) is 0 Å². The quantitative estimate of drug-likeness (QED) is 0.264. The molecule has 0 aliphatic heterocycles. The van der Waals surface area contributed by atoms with E-state index in [4.69, 9.17) is 4.74 Å². The van der Waals surface area contributed by atoms with Crippen LogP contribution >= 0.6 is 6.89 Å². The zero-order valence-electron chi connectivity index (χ0n) is 16.6. The highest BCUT2D eigenvalue weighted by Gasteiger charge is 2.26. The maximum Gasteiger partial charge on any atom is 0.332 e. The van der Waals surface area contributed by atoms with E-state index < -0.39 is 6.89 Å². The Morgan fingerprint density at radius 2 is 0.967 bits per heavy atom. The number of benzene rings is 4. The number of hydrogen-bond acceptors (Lipinski definition) is 2. The zero-order chi connectivity index (χ0) is 20.7. The molecule has 0 saturated carbocycles. The van der Waals surface area contributed by atoms with Gasteiger partial charge in [0, 0.05) is 5.80 Å². The van der Waals surface area contributed by atoms with Crippen LogP contribution in [0.25, 0.3) is 0 Å². The SMILES string of the molecule is O=[13C]([13CH]=P(c1ccccc1)(c1ccccc1)c1ccccc1)OCc1ccccc1. The molecule has 30 heavy (non-hydrogen) atoms. The highest BCUT2D eigenvalue weighted by atomic mass is 31.2. The number of rotatable bonds is 6. The number of carbonyl (C=O) groups excluding carboxylic acids is 1. The summed E-state index contributed by atoms with van der Waals surface area (Å²) in [7, 11) is 0. The minimum atomic E-state index is -2.33. The summed E-state index contributed by atoms with van der Waals surface area (Å²) in [6, 6.07) is 40.6. The molecule has 0 N–H and O–H groups in total. The molecule has 2 nitrogen and oxygen atoms in total. The van der Waals surface area contributed by atoms with Gasteiger partial charge in [0.25, 0.3) is 0 Å². The largest absolute Gasteiger partial charge is 0.458 e. The van der Waals surface area contributed by atoms with Crippen LogP contribution in [0.4, 0.5) is 0 Å². The van der Waals surface area contributed by atoms with Gasteiger partial charge in [-0.05, 0) is 28.4 Å². The van der Waals surface area contributed by atoms with E-state index in [0.29, 0.717) is 0 Å². The molecule has 4 aromatic carbocycles. The summed E-state index contributed by atoms with van der Waals surface area (Å²) in [5, 5.41) is 3.37. The molecule has 3 heteroatoms. The van der Waals surface area contributed by atoms with Crippen molar-refractivity contribution in [3.05, 3.63) is 127 Å². The lowest BCUT2D eigenvalue weighted by molar-refractivity contribution is -0.136. The lowest BCUT2D eigenvalue weighted by atomic mass is 10.2. The fourth-order valence-electron chi connectivity index (χ4n) is 3.58. The van der Waals surface area contributed by atoms with Crippen molar-refractivity contribution in [2.75, 3.05) is 0 Å². The van der Waals surface area contributed by atoms with Gasteiger partial charge in [-0.25, -0.2) is 4.79 Å². The molecule has 0 aliphatic carbocycles. The average molecular weight is 412 g/mol. The third-order valence-electron chi connectivity index (χ3n) is 5.01. The summed E-state index contributed by atoms with van der Waals surface area (Å²) in [6.45, 7) is -2.07. The monoisotopic (exact) mass is 412 g/mol. The molecule has 0 aromatic heterocycles. The maximum absolute atomic E-state index is 13.1. The zero-order valence-corrected chi connectivity index (χ0v) is 17.5. The molecule has 4 aromatic rings. The van der Waals surface area contributed by atoms with Gasteiger partial charge in [0.1, 0.15) is 6.61 Å². The Labute approximate surface area is 177 Å². The minimum Gasteiger partial charge on any atom is -0.458 e. The van der Waals surface area contributed by atoms with E-state index in [-0.39, 0.29) is 12.6 Å². The standard InChI is InChI=1S/C27H23O2P/c28-27(29-21-23-13-5-1-6-14-23)22-30(24-15-7-2-8-16-24,25-17-9-3-10-18-25)26-19-11-4-12-20-26/h1-20,22H,21H2/i22+1,27+1. The lowest BCUT2D eigenvalue weighted by Crippen LogP contribution is -2.29. The van der Waals surface area contributed by atoms with Crippen molar-refractivity contribution in [1.29, 1.82) is 0 Å². The molecule has 4 rings (SSSR count). The molecular weight excluding hydrogens is 389 g/mol. The third kappa shape index (κ3) is 4.30. The van der Waals surface area contributed by atoms with Gasteiger partial charge in [-0.15, -0.1) is 0 Å². The van der Waals surface area contributed by atoms with Gasteiger partial charge in [-0.2, -0.15) is 0 Å². The summed E-state index contributed by atoms with van der Waals surface area (Å²) in [5.74, 6) is 1.51. The lowest BCUT2D eigenvalue weighted by Gasteiger charge is -2.28. The molecule has 0 saturated heterocycles. The molecule has 0 spiro atoms. The van der Waals surface area contributed by atoms with Crippen molar-refractivity contribution in [2.45, 2.75) is 6.61 Å². The molecule has 0 heterocycles.